The van der Waals surface area contributed by atoms with Gasteiger partial charge in [0.2, 0.25) is 5.70 Å². The van der Waals surface area contributed by atoms with E-state index in [2.05, 4.69) is 26.0 Å². The lowest BCUT2D eigenvalue weighted by molar-refractivity contribution is -1.12. The number of methoxy groups -OCH3 is 1. The van der Waals surface area contributed by atoms with Crippen LogP contribution in [0.15, 0.2) is 77.5 Å². The van der Waals surface area contributed by atoms with E-state index >= 15 is 0 Å². The summed E-state index contributed by atoms with van der Waals surface area (Å²) < 4.78 is 4.09. The number of hydroxylamine groups is 4. The van der Waals surface area contributed by atoms with Gasteiger partial charge in [0.1, 0.15) is 5.75 Å². The van der Waals surface area contributed by atoms with Gasteiger partial charge in [0.05, 0.1) is 29.1 Å². The summed E-state index contributed by atoms with van der Waals surface area (Å²) in [7, 11) is 1.56. The van der Waals surface area contributed by atoms with Crippen molar-refractivity contribution in [3.05, 3.63) is 88.6 Å². The van der Waals surface area contributed by atoms with Crippen LogP contribution in [0.1, 0.15) is 25.0 Å². The highest BCUT2D eigenvalue weighted by atomic mass is 32.2. The Labute approximate surface area is 185 Å². The topological polar surface area (TPSA) is 88.2 Å². The molecule has 162 valence electrons. The van der Waals surface area contributed by atoms with E-state index in [9.17, 15) is 10.4 Å². The van der Waals surface area contributed by atoms with Gasteiger partial charge in [-0.2, -0.15) is 10.4 Å². The van der Waals surface area contributed by atoms with Gasteiger partial charge in [0.25, 0.3) is 0 Å². The quantitative estimate of drug-likeness (QED) is 0.464. The Balaban J connectivity index is 1.86. The second kappa shape index (κ2) is 7.97. The molecule has 0 unspecified atom stereocenters. The molecule has 0 bridgehead atoms. The summed E-state index contributed by atoms with van der Waals surface area (Å²) >= 11 is 0.828. The van der Waals surface area contributed by atoms with Crippen LogP contribution in [0.25, 0.3) is 5.70 Å². The second-order valence-electron chi connectivity index (χ2n) is 8.00. The van der Waals surface area contributed by atoms with Gasteiger partial charge in [-0.25, -0.2) is 5.06 Å². The number of ether oxygens (including phenoxy) is 1. The minimum absolute atomic E-state index is 0.186. The first-order valence-electron chi connectivity index (χ1n) is 9.83. The van der Waals surface area contributed by atoms with Crippen molar-refractivity contribution in [2.75, 3.05) is 13.7 Å². The molecule has 2 aromatic rings. The van der Waals surface area contributed by atoms with E-state index in [-0.39, 0.29) is 11.1 Å². The Morgan fingerprint density at radius 1 is 1.13 bits per heavy atom. The van der Waals surface area contributed by atoms with Crippen molar-refractivity contribution in [3.8, 4) is 11.5 Å². The van der Waals surface area contributed by atoms with E-state index < -0.39 is 4.21 Å². The Kier molecular flexibility index (Phi) is 5.49. The molecular formula is C23H26N3O4S+. The molecule has 7 nitrogen and oxygen atoms in total. The Morgan fingerprint density at radius 3 is 2.55 bits per heavy atom. The van der Waals surface area contributed by atoms with Crippen molar-refractivity contribution in [1.29, 1.82) is 0 Å². The normalized spacial score (nSPS) is 17.7. The standard InChI is InChI=1S/C23H26N3O4S/c1-23(2,16-9-5-4-6-10-16)15-25-22(17-11-8-14-31-26(17,27)28)21(24)20-18(29-3)12-7-13-19(20)30-25/h4-14,27-28H,15,24H2,1-3H3/q+1. The minimum atomic E-state index is -1.40. The average molecular weight is 441 g/mol. The van der Waals surface area contributed by atoms with Crippen LogP contribution in [0.4, 0.5) is 0 Å². The molecule has 2 aliphatic heterocycles. The Hall–Kier alpha value is -2.91. The van der Waals surface area contributed by atoms with E-state index in [4.69, 9.17) is 15.3 Å². The van der Waals surface area contributed by atoms with Crippen molar-refractivity contribution in [2.45, 2.75) is 19.3 Å². The van der Waals surface area contributed by atoms with Gasteiger partial charge in [0.15, 0.2) is 23.4 Å². The molecule has 4 N–H and O–H groups in total. The first-order valence-corrected chi connectivity index (χ1v) is 10.7. The highest BCUT2D eigenvalue weighted by Gasteiger charge is 2.44. The fourth-order valence-corrected chi connectivity index (χ4v) is 4.36. The highest BCUT2D eigenvalue weighted by molar-refractivity contribution is 7.96. The van der Waals surface area contributed by atoms with Crippen LogP contribution in [0.5, 0.6) is 11.5 Å². The molecule has 0 atom stereocenters. The lowest BCUT2D eigenvalue weighted by Gasteiger charge is -2.39. The van der Waals surface area contributed by atoms with Gasteiger partial charge in [-0.15, -0.1) is 0 Å². The molecule has 0 amide bonds. The van der Waals surface area contributed by atoms with Gasteiger partial charge in [-0.1, -0.05) is 50.2 Å². The molecule has 0 aromatic heterocycles. The lowest BCUT2D eigenvalue weighted by atomic mass is 9.84. The first-order chi connectivity index (χ1) is 14.7. The number of hydrogen-bond acceptors (Lipinski definition) is 7. The smallest absolute Gasteiger partial charge is 0.242 e. The third kappa shape index (κ3) is 3.90. The number of benzene rings is 2. The van der Waals surface area contributed by atoms with Gasteiger partial charge in [0, 0.05) is 16.9 Å². The lowest BCUT2D eigenvalue weighted by Crippen LogP contribution is -2.46. The van der Waals surface area contributed by atoms with Crippen LogP contribution in [0.3, 0.4) is 0 Å². The van der Waals surface area contributed by atoms with Crippen LogP contribution in [-0.2, 0) is 5.41 Å². The van der Waals surface area contributed by atoms with Crippen molar-refractivity contribution < 1.29 is 24.2 Å². The van der Waals surface area contributed by atoms with Crippen molar-refractivity contribution >= 4 is 17.6 Å². The van der Waals surface area contributed by atoms with Crippen molar-refractivity contribution in [2.24, 2.45) is 5.73 Å². The summed E-state index contributed by atoms with van der Waals surface area (Å²) in [6, 6.07) is 15.5. The van der Waals surface area contributed by atoms with Gasteiger partial charge in [-0.05, 0) is 23.8 Å². The number of nitrogens with zero attached hydrogens (tertiary/aromatic N) is 2. The summed E-state index contributed by atoms with van der Waals surface area (Å²) in [5.41, 5.74) is 8.91. The number of fused-ring (bicyclic) bond motifs is 1. The molecule has 2 aliphatic rings. The Morgan fingerprint density at radius 2 is 1.87 bits per heavy atom. The molecule has 0 aliphatic carbocycles. The molecule has 4 rings (SSSR count). The van der Waals surface area contributed by atoms with Gasteiger partial charge >= 0.3 is 0 Å². The maximum atomic E-state index is 10.6. The Bertz CT molecular complexity index is 1080. The predicted octanol–water partition coefficient (Wildman–Crippen LogP) is 4.56. The van der Waals surface area contributed by atoms with E-state index in [0.29, 0.717) is 35.0 Å². The van der Waals surface area contributed by atoms with Gasteiger partial charge < -0.3 is 15.3 Å². The highest BCUT2D eigenvalue weighted by Crippen LogP contribution is 2.45. The summed E-state index contributed by atoms with van der Waals surface area (Å²) in [5.74, 6) is 1.08. The molecule has 8 heteroatoms. The van der Waals surface area contributed by atoms with Crippen LogP contribution < -0.4 is 15.3 Å². The molecule has 31 heavy (non-hydrogen) atoms. The molecule has 2 aromatic carbocycles. The average Bonchev–Trinajstić information content (AvgIpc) is 2.74. The second-order valence-corrected chi connectivity index (χ2v) is 9.00. The fourth-order valence-electron chi connectivity index (χ4n) is 3.78. The summed E-state index contributed by atoms with van der Waals surface area (Å²) in [5, 5.41) is 24.5. The molecular weight excluding hydrogens is 414 g/mol. The monoisotopic (exact) mass is 440 g/mol. The maximum absolute atomic E-state index is 10.6. The first kappa shape index (κ1) is 21.3. The molecule has 2 heterocycles. The molecule has 0 spiro atoms. The number of hydrogen-bond donors (Lipinski definition) is 3. The number of nitrogens with two attached hydrogens (primary N) is 1. The predicted molar refractivity (Wildman–Crippen MR) is 120 cm³/mol. The summed E-state index contributed by atoms with van der Waals surface area (Å²) in [4.78, 5) is 6.27. The number of rotatable bonds is 5. The fraction of sp³-hybridized carbons (Fsp3) is 0.217. The maximum Gasteiger partial charge on any atom is 0.242 e. The van der Waals surface area contributed by atoms with E-state index in [1.165, 1.54) is 0 Å². The third-order valence-corrected chi connectivity index (χ3v) is 6.15. The van der Waals surface area contributed by atoms with Crippen LogP contribution in [-0.4, -0.2) is 33.3 Å². The third-order valence-electron chi connectivity index (χ3n) is 5.38. The molecule has 0 radical (unpaired) electrons. The van der Waals surface area contributed by atoms with Crippen LogP contribution >= 0.6 is 11.9 Å². The SMILES string of the molecule is COc1cccc2c1C(N)=C(C1=CC=CS[N+]1(O)O)N(CC(C)(C)c1ccccc1)O2. The van der Waals surface area contributed by atoms with E-state index in [0.717, 1.165) is 17.5 Å². The van der Waals surface area contributed by atoms with E-state index in [1.54, 1.807) is 35.8 Å². The number of allylic oxidation sites excluding steroid dienone is 2. The van der Waals surface area contributed by atoms with Crippen LogP contribution in [0, 0.1) is 0 Å². The van der Waals surface area contributed by atoms with Crippen molar-refractivity contribution in [1.82, 2.24) is 5.06 Å². The zero-order chi connectivity index (χ0) is 22.2. The minimum Gasteiger partial charge on any atom is -0.496 e. The largest absolute Gasteiger partial charge is 0.496 e. The zero-order valence-electron chi connectivity index (χ0n) is 17.6. The molecule has 0 fully saturated rings. The summed E-state index contributed by atoms with van der Waals surface area (Å²) in [6.45, 7) is 4.62. The number of quaternary nitrogens is 1. The van der Waals surface area contributed by atoms with Crippen molar-refractivity contribution in [3.63, 3.8) is 0 Å². The molecule has 0 saturated heterocycles. The zero-order valence-corrected chi connectivity index (χ0v) is 18.5. The van der Waals surface area contributed by atoms with Crippen LogP contribution in [0.2, 0.25) is 0 Å². The summed E-state index contributed by atoms with van der Waals surface area (Å²) in [6.07, 6.45) is 3.35. The van der Waals surface area contributed by atoms with E-state index in [1.807, 2.05) is 30.3 Å². The molecule has 0 saturated carbocycles. The van der Waals surface area contributed by atoms with Gasteiger partial charge in [-0.3, -0.25) is 0 Å².